The van der Waals surface area contributed by atoms with Crippen LogP contribution in [0, 0.1) is 28.4 Å². The zero-order valence-electron chi connectivity index (χ0n) is 23.2. The van der Waals surface area contributed by atoms with Gasteiger partial charge in [0.2, 0.25) is 5.91 Å². The first-order chi connectivity index (χ1) is 19.7. The molecule has 3 aromatic carbocycles. The zero-order valence-corrected chi connectivity index (χ0v) is 25.5. The molecule has 1 amide bonds. The van der Waals surface area contributed by atoms with E-state index in [1.165, 1.54) is 55.6 Å². The summed E-state index contributed by atoms with van der Waals surface area (Å²) < 4.78 is 36.2. The molecule has 220 valence electrons. The summed E-state index contributed by atoms with van der Waals surface area (Å²) in [5, 5.41) is 16.9. The molecule has 42 heavy (non-hydrogen) atoms. The lowest BCUT2D eigenvalue weighted by molar-refractivity contribution is -0.118. The molecule has 0 spiro atoms. The van der Waals surface area contributed by atoms with Crippen LogP contribution in [0.25, 0.3) is 0 Å². The maximum atomic E-state index is 15.8. The first kappa shape index (κ1) is 31.7. The fourth-order valence-electron chi connectivity index (χ4n) is 5.65. The number of ether oxygens (including phenoxy) is 1. The largest absolute Gasteiger partial charge is 0.465 e. The van der Waals surface area contributed by atoms with Gasteiger partial charge in [-0.15, -0.1) is 0 Å². The van der Waals surface area contributed by atoms with Gasteiger partial charge in [0, 0.05) is 28.2 Å². The van der Waals surface area contributed by atoms with Crippen molar-refractivity contribution < 1.29 is 23.1 Å². The molecule has 1 aliphatic heterocycles. The van der Waals surface area contributed by atoms with Crippen molar-refractivity contribution in [2.75, 3.05) is 12.4 Å². The van der Waals surface area contributed by atoms with Crippen molar-refractivity contribution in [2.24, 2.45) is 5.41 Å². The topological polar surface area (TPSA) is 91.2 Å². The molecule has 3 aromatic rings. The number of halogens is 5. The van der Waals surface area contributed by atoms with E-state index in [4.69, 9.17) is 39.5 Å². The number of esters is 1. The SMILES string of the molecule is COC(=O)c1ccc(NC(=O)[C@@H]2N[C@@H](CC(C)(C)C)[C@](C#N)(c3ccc(Cl)cc3F)[C@H]2c2cccc(Cl)c2F)cc1Cl. The minimum atomic E-state index is -1.76. The third-order valence-electron chi connectivity index (χ3n) is 7.37. The Bertz CT molecular complexity index is 1590. The Morgan fingerprint density at radius 1 is 1.07 bits per heavy atom. The van der Waals surface area contributed by atoms with Crippen molar-refractivity contribution in [2.45, 2.75) is 50.6 Å². The number of anilines is 1. The van der Waals surface area contributed by atoms with E-state index in [9.17, 15) is 14.9 Å². The van der Waals surface area contributed by atoms with Gasteiger partial charge in [0.1, 0.15) is 17.0 Å². The number of amides is 1. The fraction of sp³-hybridized carbons (Fsp3) is 0.323. The molecule has 2 N–H and O–H groups in total. The molecule has 11 heteroatoms. The molecular weight excluding hydrogens is 607 g/mol. The summed E-state index contributed by atoms with van der Waals surface area (Å²) in [6, 6.07) is 12.8. The van der Waals surface area contributed by atoms with Crippen LogP contribution in [-0.2, 0) is 14.9 Å². The number of rotatable bonds is 6. The molecule has 6 nitrogen and oxygen atoms in total. The van der Waals surface area contributed by atoms with Gasteiger partial charge in [-0.25, -0.2) is 13.6 Å². The maximum absolute atomic E-state index is 15.8. The van der Waals surface area contributed by atoms with Crippen molar-refractivity contribution in [1.29, 1.82) is 5.26 Å². The normalized spacial score (nSPS) is 22.0. The van der Waals surface area contributed by atoms with Crippen LogP contribution in [0.15, 0.2) is 54.6 Å². The summed E-state index contributed by atoms with van der Waals surface area (Å²) in [7, 11) is 1.22. The van der Waals surface area contributed by atoms with Crippen LogP contribution < -0.4 is 10.6 Å². The van der Waals surface area contributed by atoms with Crippen molar-refractivity contribution in [3.63, 3.8) is 0 Å². The molecule has 0 aromatic heterocycles. The van der Waals surface area contributed by atoms with E-state index in [0.717, 1.165) is 6.07 Å². The van der Waals surface area contributed by atoms with Gasteiger partial charge in [-0.2, -0.15) is 5.26 Å². The highest BCUT2D eigenvalue weighted by Gasteiger charge is 2.61. The Kier molecular flexibility index (Phi) is 9.19. The van der Waals surface area contributed by atoms with Gasteiger partial charge in [0.05, 0.1) is 34.8 Å². The number of hydrogen-bond donors (Lipinski definition) is 2. The number of hydrogen-bond acceptors (Lipinski definition) is 5. The highest BCUT2D eigenvalue weighted by Crippen LogP contribution is 2.53. The van der Waals surface area contributed by atoms with Crippen molar-refractivity contribution in [3.8, 4) is 6.07 Å². The van der Waals surface area contributed by atoms with E-state index in [0.29, 0.717) is 6.42 Å². The van der Waals surface area contributed by atoms with E-state index >= 15 is 8.78 Å². The molecule has 0 aliphatic carbocycles. The van der Waals surface area contributed by atoms with E-state index < -0.39 is 46.9 Å². The van der Waals surface area contributed by atoms with Crippen molar-refractivity contribution >= 4 is 52.4 Å². The van der Waals surface area contributed by atoms with Gasteiger partial charge in [-0.05, 0) is 53.8 Å². The number of nitrogens with zero attached hydrogens (tertiary/aromatic N) is 1. The third kappa shape index (κ3) is 5.97. The number of carbonyl (C=O) groups excluding carboxylic acids is 2. The lowest BCUT2D eigenvalue weighted by Crippen LogP contribution is -2.45. The average molecular weight is 635 g/mol. The predicted molar refractivity (Wildman–Crippen MR) is 159 cm³/mol. The number of carbonyl (C=O) groups is 2. The molecule has 0 unspecified atom stereocenters. The summed E-state index contributed by atoms with van der Waals surface area (Å²) >= 11 is 18.5. The van der Waals surface area contributed by atoms with Crippen LogP contribution in [0.4, 0.5) is 14.5 Å². The lowest BCUT2D eigenvalue weighted by Gasteiger charge is -2.37. The van der Waals surface area contributed by atoms with Crippen LogP contribution >= 0.6 is 34.8 Å². The van der Waals surface area contributed by atoms with Crippen LogP contribution in [-0.4, -0.2) is 31.1 Å². The van der Waals surface area contributed by atoms with E-state index in [1.54, 1.807) is 0 Å². The van der Waals surface area contributed by atoms with E-state index in [1.807, 2.05) is 20.8 Å². The number of benzene rings is 3. The molecule has 1 saturated heterocycles. The van der Waals surface area contributed by atoms with Gasteiger partial charge in [-0.1, -0.05) is 73.8 Å². The Hall–Kier alpha value is -3.22. The summed E-state index contributed by atoms with van der Waals surface area (Å²) in [4.78, 5) is 25.9. The Balaban J connectivity index is 1.91. The molecule has 0 bridgehead atoms. The Labute approximate surface area is 257 Å². The van der Waals surface area contributed by atoms with Gasteiger partial charge in [0.25, 0.3) is 0 Å². The minimum absolute atomic E-state index is 0.0264. The van der Waals surface area contributed by atoms with Crippen LogP contribution in [0.3, 0.4) is 0 Å². The zero-order chi connectivity index (χ0) is 31.0. The molecule has 1 heterocycles. The molecule has 4 atom stereocenters. The average Bonchev–Trinajstić information content (AvgIpc) is 3.23. The van der Waals surface area contributed by atoms with Gasteiger partial charge in [0.15, 0.2) is 0 Å². The molecular formula is C31H28Cl3F2N3O3. The van der Waals surface area contributed by atoms with E-state index in [2.05, 4.69) is 16.7 Å². The van der Waals surface area contributed by atoms with Crippen LogP contribution in [0.5, 0.6) is 0 Å². The van der Waals surface area contributed by atoms with Gasteiger partial charge >= 0.3 is 5.97 Å². The Morgan fingerprint density at radius 2 is 1.79 bits per heavy atom. The molecule has 4 rings (SSSR count). The summed E-state index contributed by atoms with van der Waals surface area (Å²) in [5.41, 5.74) is -1.86. The second-order valence-electron chi connectivity index (χ2n) is 11.4. The summed E-state index contributed by atoms with van der Waals surface area (Å²) in [6.45, 7) is 5.84. The Morgan fingerprint density at radius 3 is 2.38 bits per heavy atom. The van der Waals surface area contributed by atoms with Gasteiger partial charge in [-0.3, -0.25) is 4.79 Å². The molecule has 1 fully saturated rings. The molecule has 0 radical (unpaired) electrons. The second-order valence-corrected chi connectivity index (χ2v) is 12.6. The van der Waals surface area contributed by atoms with E-state index in [-0.39, 0.29) is 42.9 Å². The third-order valence-corrected chi connectivity index (χ3v) is 8.21. The van der Waals surface area contributed by atoms with Crippen molar-refractivity contribution in [3.05, 3.63) is 98.0 Å². The fourth-order valence-corrected chi connectivity index (χ4v) is 6.24. The lowest BCUT2D eigenvalue weighted by atomic mass is 9.62. The first-order valence-corrected chi connectivity index (χ1v) is 14.1. The second kappa shape index (κ2) is 12.2. The first-order valence-electron chi connectivity index (χ1n) is 13.0. The molecule has 0 saturated carbocycles. The number of methoxy groups -OCH3 is 1. The standard InChI is InChI=1S/C31H28Cl3F2N3O3/c1-30(2,3)14-24-31(15-37,20-11-8-16(32)12-23(20)35)25(19-6-5-7-21(33)26(19)36)27(39-24)28(40)38-17-9-10-18(22(34)13-17)29(41)42-4/h5-13,24-25,27,39H,14H2,1-4H3,(H,38,40)/t24-,25-,27+,31-/m0/s1. The quantitative estimate of drug-likeness (QED) is 0.272. The monoisotopic (exact) mass is 633 g/mol. The highest BCUT2D eigenvalue weighted by molar-refractivity contribution is 6.34. The summed E-state index contributed by atoms with van der Waals surface area (Å²) in [5.74, 6) is -4.09. The van der Waals surface area contributed by atoms with Crippen LogP contribution in [0.1, 0.15) is 54.6 Å². The predicted octanol–water partition coefficient (Wildman–Crippen LogP) is 7.67. The van der Waals surface area contributed by atoms with Gasteiger partial charge < -0.3 is 15.4 Å². The number of nitrogens with one attached hydrogen (secondary N) is 2. The summed E-state index contributed by atoms with van der Waals surface area (Å²) in [6.07, 6.45) is 0.324. The minimum Gasteiger partial charge on any atom is -0.465 e. The smallest absolute Gasteiger partial charge is 0.339 e. The highest BCUT2D eigenvalue weighted by atomic mass is 35.5. The maximum Gasteiger partial charge on any atom is 0.339 e. The molecule has 1 aliphatic rings. The van der Waals surface area contributed by atoms with Crippen LogP contribution in [0.2, 0.25) is 15.1 Å². The number of nitriles is 1. The van der Waals surface area contributed by atoms with Crippen molar-refractivity contribution in [1.82, 2.24) is 5.32 Å².